The van der Waals surface area contributed by atoms with E-state index >= 15 is 0 Å². The minimum atomic E-state index is 0.530. The average molecular weight is 241 g/mol. The molecule has 0 amide bonds. The molecular formula is C11H19N3OS. The molecule has 0 fully saturated rings. The predicted molar refractivity (Wildman–Crippen MR) is 67.6 cm³/mol. The van der Waals surface area contributed by atoms with Gasteiger partial charge in [0, 0.05) is 24.1 Å². The molecule has 0 bridgehead atoms. The van der Waals surface area contributed by atoms with Gasteiger partial charge in [-0.3, -0.25) is 0 Å². The van der Waals surface area contributed by atoms with Gasteiger partial charge in [-0.1, -0.05) is 25.1 Å². The molecule has 0 aromatic carbocycles. The van der Waals surface area contributed by atoms with Crippen molar-refractivity contribution in [2.75, 3.05) is 24.7 Å². The number of anilines is 1. The molecule has 1 aromatic rings. The first-order chi connectivity index (χ1) is 7.72. The van der Waals surface area contributed by atoms with Gasteiger partial charge in [0.1, 0.15) is 5.82 Å². The lowest BCUT2D eigenvalue weighted by Crippen LogP contribution is -2.01. The zero-order chi connectivity index (χ0) is 11.8. The molecule has 0 atom stereocenters. The van der Waals surface area contributed by atoms with Gasteiger partial charge in [-0.2, -0.15) is 0 Å². The summed E-state index contributed by atoms with van der Waals surface area (Å²) < 4.78 is 5.45. The SMILES string of the molecule is CCCCOCCSc1nc(C)cc(N)n1. The molecule has 2 N–H and O–H groups in total. The van der Waals surface area contributed by atoms with Crippen molar-refractivity contribution in [3.63, 3.8) is 0 Å². The van der Waals surface area contributed by atoms with Crippen molar-refractivity contribution in [3.8, 4) is 0 Å². The number of hydrogen-bond acceptors (Lipinski definition) is 5. The Balaban J connectivity index is 2.21. The van der Waals surface area contributed by atoms with Gasteiger partial charge in [-0.15, -0.1) is 0 Å². The highest BCUT2D eigenvalue weighted by Crippen LogP contribution is 2.14. The Morgan fingerprint density at radius 1 is 1.38 bits per heavy atom. The average Bonchev–Trinajstić information content (AvgIpc) is 2.22. The molecule has 0 spiro atoms. The van der Waals surface area contributed by atoms with E-state index in [1.54, 1.807) is 17.8 Å². The van der Waals surface area contributed by atoms with Crippen LogP contribution in [0.2, 0.25) is 0 Å². The number of thioether (sulfide) groups is 1. The van der Waals surface area contributed by atoms with E-state index in [4.69, 9.17) is 10.5 Å². The highest BCUT2D eigenvalue weighted by molar-refractivity contribution is 7.99. The van der Waals surface area contributed by atoms with Crippen LogP contribution in [0.1, 0.15) is 25.5 Å². The fourth-order valence-electron chi connectivity index (χ4n) is 1.17. The van der Waals surface area contributed by atoms with Crippen LogP contribution >= 0.6 is 11.8 Å². The first kappa shape index (κ1) is 13.3. The molecule has 1 aromatic heterocycles. The largest absolute Gasteiger partial charge is 0.384 e. The number of hydrogen-bond donors (Lipinski definition) is 1. The molecular weight excluding hydrogens is 222 g/mol. The molecule has 0 saturated carbocycles. The van der Waals surface area contributed by atoms with Gasteiger partial charge in [0.2, 0.25) is 0 Å². The van der Waals surface area contributed by atoms with E-state index in [1.165, 1.54) is 6.42 Å². The number of rotatable bonds is 7. The molecule has 0 unspecified atom stereocenters. The van der Waals surface area contributed by atoms with Gasteiger partial charge in [-0.05, 0) is 13.3 Å². The molecule has 0 aliphatic heterocycles. The van der Waals surface area contributed by atoms with E-state index in [9.17, 15) is 0 Å². The van der Waals surface area contributed by atoms with Crippen LogP contribution in [0.25, 0.3) is 0 Å². The van der Waals surface area contributed by atoms with Gasteiger partial charge in [0.05, 0.1) is 6.61 Å². The summed E-state index contributed by atoms with van der Waals surface area (Å²) in [6, 6.07) is 1.77. The predicted octanol–water partition coefficient (Wildman–Crippen LogP) is 2.28. The lowest BCUT2D eigenvalue weighted by molar-refractivity contribution is 0.147. The summed E-state index contributed by atoms with van der Waals surface area (Å²) in [5.41, 5.74) is 6.54. The Morgan fingerprint density at radius 3 is 2.88 bits per heavy atom. The van der Waals surface area contributed by atoms with Crippen LogP contribution in [0.15, 0.2) is 11.2 Å². The number of ether oxygens (including phenoxy) is 1. The summed E-state index contributed by atoms with van der Waals surface area (Å²) in [5.74, 6) is 1.40. The zero-order valence-electron chi connectivity index (χ0n) is 9.90. The summed E-state index contributed by atoms with van der Waals surface area (Å²) >= 11 is 1.58. The van der Waals surface area contributed by atoms with E-state index in [2.05, 4.69) is 16.9 Å². The number of aryl methyl sites for hydroxylation is 1. The topological polar surface area (TPSA) is 61.0 Å². The standard InChI is InChI=1S/C11H19N3OS/c1-3-4-5-15-6-7-16-11-13-9(2)8-10(12)14-11/h8H,3-7H2,1-2H3,(H2,12,13,14). The van der Waals surface area contributed by atoms with Crippen molar-refractivity contribution < 1.29 is 4.74 Å². The smallest absolute Gasteiger partial charge is 0.189 e. The number of nitrogen functional groups attached to an aromatic ring is 1. The van der Waals surface area contributed by atoms with E-state index in [0.717, 1.165) is 36.2 Å². The molecule has 0 aliphatic rings. The van der Waals surface area contributed by atoms with Crippen LogP contribution in [-0.2, 0) is 4.74 Å². The molecule has 4 nitrogen and oxygen atoms in total. The summed E-state index contributed by atoms with van der Waals surface area (Å²) in [6.07, 6.45) is 2.29. The van der Waals surface area contributed by atoms with E-state index in [0.29, 0.717) is 5.82 Å². The molecule has 0 radical (unpaired) electrons. The minimum Gasteiger partial charge on any atom is -0.384 e. The Labute approximate surface area is 101 Å². The molecule has 90 valence electrons. The lowest BCUT2D eigenvalue weighted by Gasteiger charge is -2.03. The fourth-order valence-corrected chi connectivity index (χ4v) is 1.93. The third-order valence-electron chi connectivity index (χ3n) is 1.95. The second kappa shape index (κ2) is 7.46. The first-order valence-corrected chi connectivity index (χ1v) is 6.52. The van der Waals surface area contributed by atoms with Crippen LogP contribution in [0, 0.1) is 6.92 Å². The van der Waals surface area contributed by atoms with Crippen molar-refractivity contribution in [1.82, 2.24) is 9.97 Å². The highest BCUT2D eigenvalue weighted by Gasteiger charge is 2.00. The number of aromatic nitrogens is 2. The van der Waals surface area contributed by atoms with Crippen molar-refractivity contribution in [3.05, 3.63) is 11.8 Å². The van der Waals surface area contributed by atoms with E-state index in [1.807, 2.05) is 6.92 Å². The second-order valence-corrected chi connectivity index (χ2v) is 4.59. The van der Waals surface area contributed by atoms with Crippen LogP contribution in [-0.4, -0.2) is 28.9 Å². The molecule has 0 saturated heterocycles. The highest BCUT2D eigenvalue weighted by atomic mass is 32.2. The minimum absolute atomic E-state index is 0.530. The maximum absolute atomic E-state index is 5.63. The molecule has 0 aliphatic carbocycles. The van der Waals surface area contributed by atoms with Gasteiger partial charge in [0.15, 0.2) is 5.16 Å². The van der Waals surface area contributed by atoms with Crippen molar-refractivity contribution in [1.29, 1.82) is 0 Å². The van der Waals surface area contributed by atoms with E-state index < -0.39 is 0 Å². The van der Waals surface area contributed by atoms with Crippen molar-refractivity contribution in [2.45, 2.75) is 31.8 Å². The van der Waals surface area contributed by atoms with Gasteiger partial charge in [0.25, 0.3) is 0 Å². The number of nitrogens with zero attached hydrogens (tertiary/aromatic N) is 2. The van der Waals surface area contributed by atoms with Crippen LogP contribution in [0.5, 0.6) is 0 Å². The normalized spacial score (nSPS) is 10.6. The molecule has 1 rings (SSSR count). The van der Waals surface area contributed by atoms with Gasteiger partial charge < -0.3 is 10.5 Å². The second-order valence-electron chi connectivity index (χ2n) is 3.53. The zero-order valence-corrected chi connectivity index (χ0v) is 10.7. The monoisotopic (exact) mass is 241 g/mol. The lowest BCUT2D eigenvalue weighted by atomic mass is 10.4. The van der Waals surface area contributed by atoms with Gasteiger partial charge in [-0.25, -0.2) is 9.97 Å². The quantitative estimate of drug-likeness (QED) is 0.451. The molecule has 1 heterocycles. The van der Waals surface area contributed by atoms with Crippen molar-refractivity contribution >= 4 is 17.6 Å². The fraction of sp³-hybridized carbons (Fsp3) is 0.636. The number of unbranched alkanes of at least 4 members (excludes halogenated alkanes) is 1. The third-order valence-corrected chi connectivity index (χ3v) is 2.77. The Bertz CT molecular complexity index is 300. The van der Waals surface area contributed by atoms with Crippen molar-refractivity contribution in [2.24, 2.45) is 0 Å². The summed E-state index contributed by atoms with van der Waals surface area (Å²) in [4.78, 5) is 8.43. The first-order valence-electron chi connectivity index (χ1n) is 5.54. The Morgan fingerprint density at radius 2 is 2.19 bits per heavy atom. The maximum Gasteiger partial charge on any atom is 0.189 e. The van der Waals surface area contributed by atoms with Crippen LogP contribution < -0.4 is 5.73 Å². The van der Waals surface area contributed by atoms with E-state index in [-0.39, 0.29) is 0 Å². The Kier molecular flexibility index (Phi) is 6.18. The molecule has 5 heteroatoms. The third kappa shape index (κ3) is 5.32. The number of nitrogens with two attached hydrogens (primary N) is 1. The van der Waals surface area contributed by atoms with Crippen LogP contribution in [0.4, 0.5) is 5.82 Å². The summed E-state index contributed by atoms with van der Waals surface area (Å²) in [6.45, 7) is 5.65. The van der Waals surface area contributed by atoms with Gasteiger partial charge >= 0.3 is 0 Å². The van der Waals surface area contributed by atoms with Crippen LogP contribution in [0.3, 0.4) is 0 Å². The molecule has 16 heavy (non-hydrogen) atoms. The summed E-state index contributed by atoms with van der Waals surface area (Å²) in [7, 11) is 0. The maximum atomic E-state index is 5.63. The Hall–Kier alpha value is -0.810. The summed E-state index contributed by atoms with van der Waals surface area (Å²) in [5, 5.41) is 0.733.